The number of nitrogens with one attached hydrogen (secondary N) is 2. The van der Waals surface area contributed by atoms with Gasteiger partial charge in [0.1, 0.15) is 0 Å². The molecule has 0 bridgehead atoms. The number of aliphatic hydroxyl groups is 1. The summed E-state index contributed by atoms with van der Waals surface area (Å²) in [5.41, 5.74) is -0.588. The predicted octanol–water partition coefficient (Wildman–Crippen LogP) is 2.77. The fraction of sp³-hybridized carbons (Fsp3) is 0.941. The second-order valence-electron chi connectivity index (χ2n) is 6.80. The van der Waals surface area contributed by atoms with Gasteiger partial charge in [0.25, 0.3) is 0 Å². The first-order chi connectivity index (χ1) is 10.7. The normalized spacial score (nSPS) is 27.1. The molecule has 22 heavy (non-hydrogen) atoms. The molecule has 1 heterocycles. The predicted molar refractivity (Wildman–Crippen MR) is 96.7 cm³/mol. The van der Waals surface area contributed by atoms with Crippen LogP contribution in [0.4, 0.5) is 0 Å². The van der Waals surface area contributed by atoms with Gasteiger partial charge in [-0.2, -0.15) is 11.8 Å². The molecule has 1 saturated carbocycles. The second kappa shape index (κ2) is 9.66. The van der Waals surface area contributed by atoms with Crippen molar-refractivity contribution in [3.63, 3.8) is 0 Å². The van der Waals surface area contributed by atoms with Gasteiger partial charge in [0.05, 0.1) is 12.1 Å². The van der Waals surface area contributed by atoms with Gasteiger partial charge >= 0.3 is 0 Å². The lowest BCUT2D eigenvalue weighted by Crippen LogP contribution is -2.40. The molecule has 0 aromatic heterocycles. The molecule has 128 valence electrons. The van der Waals surface area contributed by atoms with Gasteiger partial charge in [0.15, 0.2) is 5.96 Å². The quantitative estimate of drug-likeness (QED) is 0.382. The molecule has 5 heteroatoms. The first-order valence-electron chi connectivity index (χ1n) is 9.04. The zero-order valence-electron chi connectivity index (χ0n) is 14.1. The minimum Gasteiger partial charge on any atom is -0.387 e. The van der Waals surface area contributed by atoms with Crippen LogP contribution in [0.3, 0.4) is 0 Å². The van der Waals surface area contributed by atoms with Crippen LogP contribution in [0, 0.1) is 5.92 Å². The average Bonchev–Trinajstić information content (AvgIpc) is 2.97. The Labute approximate surface area is 139 Å². The molecule has 1 aliphatic heterocycles. The van der Waals surface area contributed by atoms with Crippen LogP contribution in [-0.2, 0) is 0 Å². The van der Waals surface area contributed by atoms with Gasteiger partial charge in [-0.15, -0.1) is 0 Å². The Morgan fingerprint density at radius 2 is 2.09 bits per heavy atom. The molecule has 0 spiro atoms. The number of hydrogen-bond donors (Lipinski definition) is 3. The Hall–Kier alpha value is -0.420. The molecule has 1 atom stereocenters. The summed E-state index contributed by atoms with van der Waals surface area (Å²) in [7, 11) is 0. The number of hydrogen-bond acceptors (Lipinski definition) is 3. The second-order valence-corrected chi connectivity index (χ2v) is 7.90. The fourth-order valence-electron chi connectivity index (χ4n) is 3.36. The van der Waals surface area contributed by atoms with E-state index >= 15 is 0 Å². The monoisotopic (exact) mass is 327 g/mol. The Bertz CT molecular complexity index is 337. The molecule has 4 nitrogen and oxygen atoms in total. The van der Waals surface area contributed by atoms with Crippen LogP contribution in [0.2, 0.25) is 0 Å². The maximum absolute atomic E-state index is 10.4. The molecule has 0 amide bonds. The number of guanidine groups is 1. The zero-order chi connectivity index (χ0) is 15.7. The summed E-state index contributed by atoms with van der Waals surface area (Å²) >= 11 is 1.82. The summed E-state index contributed by atoms with van der Waals surface area (Å²) in [5, 5.41) is 17.1. The van der Waals surface area contributed by atoms with Crippen LogP contribution in [0.15, 0.2) is 4.99 Å². The van der Waals surface area contributed by atoms with Crippen molar-refractivity contribution in [2.24, 2.45) is 10.9 Å². The number of rotatable bonds is 7. The molecular formula is C17H33N3OS. The molecule has 2 fully saturated rings. The third-order valence-electron chi connectivity index (χ3n) is 4.76. The van der Waals surface area contributed by atoms with Gasteiger partial charge in [-0.3, -0.25) is 4.99 Å². The molecule has 1 unspecified atom stereocenters. The minimum absolute atomic E-state index is 0.512. The number of aliphatic imine (C=N–C) groups is 1. The highest BCUT2D eigenvalue weighted by molar-refractivity contribution is 7.99. The highest BCUT2D eigenvalue weighted by Crippen LogP contribution is 2.28. The lowest BCUT2D eigenvalue weighted by Gasteiger charge is -2.22. The standard InChI is InChI=1S/C17H33N3OS/c1-2-18-16(20-13-17(21)10-12-22-14-17)19-11-6-9-15-7-4-3-5-8-15/h15,21H,2-14H2,1H3,(H2,18,19,20). The maximum atomic E-state index is 10.4. The SMILES string of the molecule is CCNC(=NCC1(O)CCSC1)NCCCC1CCCCC1. The molecule has 0 aromatic carbocycles. The van der Waals surface area contributed by atoms with Gasteiger partial charge in [-0.05, 0) is 37.9 Å². The average molecular weight is 328 g/mol. The molecule has 0 aromatic rings. The molecule has 0 radical (unpaired) electrons. The van der Waals surface area contributed by atoms with E-state index in [-0.39, 0.29) is 0 Å². The van der Waals surface area contributed by atoms with Crippen molar-refractivity contribution in [3.8, 4) is 0 Å². The van der Waals surface area contributed by atoms with E-state index in [1.807, 2.05) is 11.8 Å². The van der Waals surface area contributed by atoms with E-state index < -0.39 is 5.60 Å². The van der Waals surface area contributed by atoms with Crippen molar-refractivity contribution in [2.75, 3.05) is 31.1 Å². The van der Waals surface area contributed by atoms with Crippen LogP contribution in [0.5, 0.6) is 0 Å². The number of thioether (sulfide) groups is 1. The molecule has 3 N–H and O–H groups in total. The first-order valence-corrected chi connectivity index (χ1v) is 10.2. The molecule has 2 rings (SSSR count). The van der Waals surface area contributed by atoms with Gasteiger partial charge in [-0.25, -0.2) is 0 Å². The van der Waals surface area contributed by atoms with Crippen LogP contribution in [0.1, 0.15) is 58.3 Å². The lowest BCUT2D eigenvalue weighted by atomic mass is 9.86. The minimum atomic E-state index is -0.588. The highest BCUT2D eigenvalue weighted by atomic mass is 32.2. The van der Waals surface area contributed by atoms with E-state index in [0.29, 0.717) is 6.54 Å². The number of nitrogens with zero attached hydrogens (tertiary/aromatic N) is 1. The summed E-state index contributed by atoms with van der Waals surface area (Å²) in [6.07, 6.45) is 10.6. The van der Waals surface area contributed by atoms with Crippen molar-refractivity contribution in [3.05, 3.63) is 0 Å². The Kier molecular flexibility index (Phi) is 7.87. The Balaban J connectivity index is 1.66. The lowest BCUT2D eigenvalue weighted by molar-refractivity contribution is 0.0778. The largest absolute Gasteiger partial charge is 0.387 e. The molecule has 1 aliphatic carbocycles. The highest BCUT2D eigenvalue weighted by Gasteiger charge is 2.31. The first kappa shape index (κ1) is 17.9. The summed E-state index contributed by atoms with van der Waals surface area (Å²) in [6, 6.07) is 0. The van der Waals surface area contributed by atoms with Crippen molar-refractivity contribution < 1.29 is 5.11 Å². The van der Waals surface area contributed by atoms with E-state index in [1.54, 1.807) is 0 Å². The van der Waals surface area contributed by atoms with Crippen molar-refractivity contribution in [1.29, 1.82) is 0 Å². The smallest absolute Gasteiger partial charge is 0.191 e. The van der Waals surface area contributed by atoms with Gasteiger partial charge in [0, 0.05) is 18.8 Å². The van der Waals surface area contributed by atoms with Crippen molar-refractivity contribution in [1.82, 2.24) is 10.6 Å². The van der Waals surface area contributed by atoms with E-state index in [9.17, 15) is 5.11 Å². The van der Waals surface area contributed by atoms with Crippen molar-refractivity contribution >= 4 is 17.7 Å². The van der Waals surface area contributed by atoms with E-state index in [0.717, 1.165) is 42.9 Å². The zero-order valence-corrected chi connectivity index (χ0v) is 14.9. The fourth-order valence-corrected chi connectivity index (χ4v) is 4.65. The Morgan fingerprint density at radius 3 is 2.77 bits per heavy atom. The molecular weight excluding hydrogens is 294 g/mol. The van der Waals surface area contributed by atoms with E-state index in [1.165, 1.54) is 44.9 Å². The van der Waals surface area contributed by atoms with Crippen LogP contribution in [-0.4, -0.2) is 47.8 Å². The van der Waals surface area contributed by atoms with Gasteiger partial charge in [-0.1, -0.05) is 32.1 Å². The summed E-state index contributed by atoms with van der Waals surface area (Å²) in [5.74, 6) is 3.68. The van der Waals surface area contributed by atoms with Crippen LogP contribution < -0.4 is 10.6 Å². The van der Waals surface area contributed by atoms with Crippen LogP contribution >= 0.6 is 11.8 Å². The third-order valence-corrected chi connectivity index (χ3v) is 6.00. The maximum Gasteiger partial charge on any atom is 0.191 e. The van der Waals surface area contributed by atoms with Crippen molar-refractivity contribution in [2.45, 2.75) is 63.9 Å². The Morgan fingerprint density at radius 1 is 1.27 bits per heavy atom. The van der Waals surface area contributed by atoms with E-state index in [2.05, 4.69) is 22.5 Å². The third kappa shape index (κ3) is 6.37. The molecule has 2 aliphatic rings. The van der Waals surface area contributed by atoms with Gasteiger partial charge < -0.3 is 15.7 Å². The summed E-state index contributed by atoms with van der Waals surface area (Å²) < 4.78 is 0. The molecule has 1 saturated heterocycles. The summed E-state index contributed by atoms with van der Waals surface area (Å²) in [6.45, 7) is 4.44. The summed E-state index contributed by atoms with van der Waals surface area (Å²) in [4.78, 5) is 4.58. The van der Waals surface area contributed by atoms with Crippen LogP contribution in [0.25, 0.3) is 0 Å². The topological polar surface area (TPSA) is 56.7 Å². The van der Waals surface area contributed by atoms with Gasteiger partial charge in [0.2, 0.25) is 0 Å². The van der Waals surface area contributed by atoms with E-state index in [4.69, 9.17) is 0 Å².